The van der Waals surface area contributed by atoms with Crippen LogP contribution < -0.4 is 14.5 Å². The molecule has 0 saturated carbocycles. The Labute approximate surface area is 251 Å². The smallest absolute Gasteiger partial charge is 0.119 e. The van der Waals surface area contributed by atoms with E-state index < -0.39 is 0 Å². The molecule has 0 spiro atoms. The zero-order valence-electron chi connectivity index (χ0n) is 25.0. The summed E-state index contributed by atoms with van der Waals surface area (Å²) in [6.45, 7) is 9.61. The molecule has 0 N–H and O–H groups in total. The van der Waals surface area contributed by atoms with Gasteiger partial charge in [0.05, 0.1) is 17.9 Å². The summed E-state index contributed by atoms with van der Waals surface area (Å²) >= 11 is 0. The summed E-state index contributed by atoms with van der Waals surface area (Å²) in [6.07, 6.45) is 4.79. The third kappa shape index (κ3) is 8.70. The predicted molar refractivity (Wildman–Crippen MR) is 174 cm³/mol. The van der Waals surface area contributed by atoms with Gasteiger partial charge in [0.15, 0.2) is 0 Å². The van der Waals surface area contributed by atoms with Crippen molar-refractivity contribution in [1.29, 1.82) is 0 Å². The monoisotopic (exact) mass is 561 g/mol. The normalized spacial score (nSPS) is 14.0. The Balaban J connectivity index is 1.26. The molecule has 0 aliphatic carbocycles. The van der Waals surface area contributed by atoms with Crippen LogP contribution in [0.3, 0.4) is 0 Å². The molecule has 1 aliphatic heterocycles. The van der Waals surface area contributed by atoms with Crippen LogP contribution >= 0.6 is 0 Å². The fraction of sp³-hybridized carbons (Fsp3) is 0.324. The Kier molecular flexibility index (Phi) is 10.7. The van der Waals surface area contributed by atoms with Crippen molar-refractivity contribution >= 4 is 11.4 Å². The molecule has 0 amide bonds. The number of anilines is 1. The second-order valence-corrected chi connectivity index (χ2v) is 11.0. The third-order valence-corrected chi connectivity index (χ3v) is 7.72. The molecule has 0 aromatic heterocycles. The summed E-state index contributed by atoms with van der Waals surface area (Å²) in [4.78, 5) is 2.51. The topological polar surface area (TPSA) is 37.3 Å². The number of benzene rings is 4. The highest BCUT2D eigenvalue weighted by atomic mass is 16.5. The maximum Gasteiger partial charge on any atom is 0.119 e. The van der Waals surface area contributed by atoms with Crippen LogP contribution in [0.4, 0.5) is 5.69 Å². The fourth-order valence-corrected chi connectivity index (χ4v) is 5.20. The van der Waals surface area contributed by atoms with Gasteiger partial charge in [0.1, 0.15) is 24.7 Å². The van der Waals surface area contributed by atoms with Gasteiger partial charge in [-0.1, -0.05) is 73.5 Å². The molecule has 4 aromatic rings. The highest BCUT2D eigenvalue weighted by molar-refractivity contribution is 6.01. The van der Waals surface area contributed by atoms with Gasteiger partial charge in [0, 0.05) is 6.54 Å². The minimum atomic E-state index is 0.554. The number of likely N-dealkylation sites (tertiary alicyclic amines) is 1. The Hall–Kier alpha value is -4.09. The van der Waals surface area contributed by atoms with E-state index >= 15 is 0 Å². The van der Waals surface area contributed by atoms with E-state index in [-0.39, 0.29) is 0 Å². The standard InChI is InChI=1S/C37H43N3O2/c1-3-37(33-16-22-36(23-17-33)42-29-32-10-6-4-7-11-32)38-40(34-18-12-30(2)13-19-34)28-31-14-20-35(21-15-31)41-27-26-39-24-8-5-9-25-39/h4,6-7,10-23H,3,5,8-9,24-29H2,1-2H3/b38-37+. The van der Waals surface area contributed by atoms with Crippen LogP contribution in [-0.4, -0.2) is 36.9 Å². The fourth-order valence-electron chi connectivity index (χ4n) is 5.20. The maximum atomic E-state index is 6.07. The minimum Gasteiger partial charge on any atom is -0.492 e. The molecule has 5 rings (SSSR count). The van der Waals surface area contributed by atoms with Crippen molar-refractivity contribution < 1.29 is 9.47 Å². The lowest BCUT2D eigenvalue weighted by Crippen LogP contribution is -2.33. The van der Waals surface area contributed by atoms with Gasteiger partial charge in [0.2, 0.25) is 0 Å². The summed E-state index contributed by atoms with van der Waals surface area (Å²) in [5.41, 5.74) is 6.76. The highest BCUT2D eigenvalue weighted by Crippen LogP contribution is 2.23. The van der Waals surface area contributed by atoms with Gasteiger partial charge in [0.25, 0.3) is 0 Å². The van der Waals surface area contributed by atoms with E-state index in [0.29, 0.717) is 13.2 Å². The molecule has 5 nitrogen and oxygen atoms in total. The lowest BCUT2D eigenvalue weighted by atomic mass is 10.1. The summed E-state index contributed by atoms with van der Waals surface area (Å²) in [5.74, 6) is 1.77. The number of hydrazone groups is 1. The van der Waals surface area contributed by atoms with Crippen molar-refractivity contribution in [2.45, 2.75) is 52.7 Å². The van der Waals surface area contributed by atoms with E-state index in [2.05, 4.69) is 96.6 Å². The number of aryl methyl sites for hydroxylation is 1. The SMILES string of the molecule is CC/C(=N\N(Cc1ccc(OCCN2CCCCC2)cc1)c1ccc(C)cc1)c1ccc(OCc2ccccc2)cc1. The first-order valence-electron chi connectivity index (χ1n) is 15.3. The van der Waals surface area contributed by atoms with Crippen LogP contribution in [0, 0.1) is 6.92 Å². The van der Waals surface area contributed by atoms with Gasteiger partial charge in [-0.2, -0.15) is 5.10 Å². The van der Waals surface area contributed by atoms with Gasteiger partial charge in [-0.3, -0.25) is 9.91 Å². The molecule has 4 aromatic carbocycles. The van der Waals surface area contributed by atoms with Crippen molar-refractivity contribution in [3.8, 4) is 11.5 Å². The van der Waals surface area contributed by atoms with E-state index in [4.69, 9.17) is 14.6 Å². The number of rotatable bonds is 13. The summed E-state index contributed by atoms with van der Waals surface area (Å²) in [6, 6.07) is 35.5. The average Bonchev–Trinajstić information content (AvgIpc) is 3.04. The van der Waals surface area contributed by atoms with Crippen molar-refractivity contribution in [3.63, 3.8) is 0 Å². The number of hydrogen-bond acceptors (Lipinski definition) is 5. The van der Waals surface area contributed by atoms with Crippen molar-refractivity contribution in [3.05, 3.63) is 125 Å². The summed E-state index contributed by atoms with van der Waals surface area (Å²) in [7, 11) is 0. The van der Waals surface area contributed by atoms with Gasteiger partial charge in [-0.25, -0.2) is 0 Å². The molecule has 0 atom stereocenters. The lowest BCUT2D eigenvalue weighted by Gasteiger charge is -2.26. The van der Waals surface area contributed by atoms with Crippen LogP contribution in [0.5, 0.6) is 11.5 Å². The van der Waals surface area contributed by atoms with Crippen LogP contribution in [0.2, 0.25) is 0 Å². The largest absolute Gasteiger partial charge is 0.492 e. The zero-order valence-corrected chi connectivity index (χ0v) is 25.0. The molecule has 1 aliphatic rings. The van der Waals surface area contributed by atoms with Crippen LogP contribution in [0.25, 0.3) is 0 Å². The van der Waals surface area contributed by atoms with Gasteiger partial charge < -0.3 is 9.47 Å². The van der Waals surface area contributed by atoms with E-state index in [1.165, 1.54) is 43.5 Å². The summed E-state index contributed by atoms with van der Waals surface area (Å²) in [5, 5.41) is 7.28. The number of piperidine rings is 1. The first-order valence-corrected chi connectivity index (χ1v) is 15.3. The van der Waals surface area contributed by atoms with Crippen LogP contribution in [0.15, 0.2) is 108 Å². The van der Waals surface area contributed by atoms with E-state index in [1.807, 2.05) is 30.3 Å². The minimum absolute atomic E-state index is 0.554. The molecule has 42 heavy (non-hydrogen) atoms. The second kappa shape index (κ2) is 15.2. The number of hydrogen-bond donors (Lipinski definition) is 0. The van der Waals surface area contributed by atoms with Crippen LogP contribution in [-0.2, 0) is 13.2 Å². The highest BCUT2D eigenvalue weighted by Gasteiger charge is 2.12. The Morgan fingerprint density at radius 2 is 1.40 bits per heavy atom. The molecule has 0 unspecified atom stereocenters. The molecule has 0 bridgehead atoms. The number of nitrogens with zero attached hydrogens (tertiary/aromatic N) is 3. The number of ether oxygens (including phenoxy) is 2. The van der Waals surface area contributed by atoms with Gasteiger partial charge >= 0.3 is 0 Å². The second-order valence-electron chi connectivity index (χ2n) is 11.0. The molecule has 1 saturated heterocycles. The molecule has 5 heteroatoms. The van der Waals surface area contributed by atoms with Crippen molar-refractivity contribution in [1.82, 2.24) is 4.90 Å². The first kappa shape index (κ1) is 29.4. The molecular weight excluding hydrogens is 518 g/mol. The Bertz CT molecular complexity index is 1380. The molecular formula is C37H43N3O2. The van der Waals surface area contributed by atoms with Gasteiger partial charge in [-0.15, -0.1) is 0 Å². The maximum absolute atomic E-state index is 6.07. The van der Waals surface area contributed by atoms with Gasteiger partial charge in [-0.05, 0) is 104 Å². The van der Waals surface area contributed by atoms with E-state index in [0.717, 1.165) is 53.6 Å². The Morgan fingerprint density at radius 1 is 0.738 bits per heavy atom. The quantitative estimate of drug-likeness (QED) is 0.122. The first-order chi connectivity index (χ1) is 20.7. The Morgan fingerprint density at radius 3 is 2.10 bits per heavy atom. The zero-order chi connectivity index (χ0) is 29.0. The molecule has 218 valence electrons. The third-order valence-electron chi connectivity index (χ3n) is 7.72. The summed E-state index contributed by atoms with van der Waals surface area (Å²) < 4.78 is 12.1. The van der Waals surface area contributed by atoms with Crippen molar-refractivity contribution in [2.75, 3.05) is 31.3 Å². The molecule has 0 radical (unpaired) electrons. The average molecular weight is 562 g/mol. The molecule has 1 heterocycles. The molecule has 1 fully saturated rings. The van der Waals surface area contributed by atoms with E-state index in [9.17, 15) is 0 Å². The lowest BCUT2D eigenvalue weighted by molar-refractivity contribution is 0.183. The van der Waals surface area contributed by atoms with Crippen LogP contribution in [0.1, 0.15) is 54.9 Å². The predicted octanol–water partition coefficient (Wildman–Crippen LogP) is 8.26. The van der Waals surface area contributed by atoms with E-state index in [1.54, 1.807) is 0 Å². The van der Waals surface area contributed by atoms with Crippen molar-refractivity contribution in [2.24, 2.45) is 5.10 Å².